The summed E-state index contributed by atoms with van der Waals surface area (Å²) in [7, 11) is 1.55. The first-order chi connectivity index (χ1) is 13.1. The zero-order chi connectivity index (χ0) is 19.6. The van der Waals surface area contributed by atoms with Gasteiger partial charge in [-0.25, -0.2) is 0 Å². The van der Waals surface area contributed by atoms with Crippen LogP contribution in [0.3, 0.4) is 0 Å². The standard InChI is InChI=1S/C21H21ClN2O3/c1-3-4-11-27-19-10-5-15(13-20(19)26-2)12-16(14-23)21(25)24-18-8-6-17(22)7-9-18/h5-10,12-13H,3-4,11H2,1-2H3,(H,24,25)/b16-12-. The Hall–Kier alpha value is -2.97. The van der Waals surface area contributed by atoms with E-state index in [-0.39, 0.29) is 5.57 Å². The highest BCUT2D eigenvalue weighted by Gasteiger charge is 2.11. The smallest absolute Gasteiger partial charge is 0.266 e. The van der Waals surface area contributed by atoms with Crippen molar-refractivity contribution in [1.82, 2.24) is 0 Å². The molecule has 0 bridgehead atoms. The molecule has 0 saturated carbocycles. The number of carbonyl (C=O) groups is 1. The van der Waals surface area contributed by atoms with E-state index < -0.39 is 5.91 Å². The van der Waals surface area contributed by atoms with Crippen LogP contribution in [-0.2, 0) is 4.79 Å². The lowest BCUT2D eigenvalue weighted by atomic mass is 10.1. The Morgan fingerprint density at radius 2 is 1.96 bits per heavy atom. The Morgan fingerprint density at radius 3 is 2.59 bits per heavy atom. The lowest BCUT2D eigenvalue weighted by molar-refractivity contribution is -0.112. The van der Waals surface area contributed by atoms with E-state index in [0.29, 0.717) is 34.4 Å². The number of nitrogens with zero attached hydrogens (tertiary/aromatic N) is 1. The third kappa shape index (κ3) is 6.05. The molecule has 6 heteroatoms. The molecule has 0 aliphatic carbocycles. The van der Waals surface area contributed by atoms with Crippen LogP contribution in [0.2, 0.25) is 5.02 Å². The molecule has 0 aliphatic rings. The van der Waals surface area contributed by atoms with E-state index in [9.17, 15) is 10.1 Å². The molecule has 2 rings (SSSR count). The molecule has 0 fully saturated rings. The largest absolute Gasteiger partial charge is 0.493 e. The van der Waals surface area contributed by atoms with Gasteiger partial charge in [-0.2, -0.15) is 5.26 Å². The van der Waals surface area contributed by atoms with Gasteiger partial charge in [0.1, 0.15) is 11.6 Å². The second kappa shape index (κ2) is 10.2. The Kier molecular flexibility index (Phi) is 7.72. The van der Waals surface area contributed by atoms with Crippen LogP contribution in [0, 0.1) is 11.3 Å². The Labute approximate surface area is 164 Å². The average molecular weight is 385 g/mol. The first kappa shape index (κ1) is 20.3. The monoisotopic (exact) mass is 384 g/mol. The topological polar surface area (TPSA) is 71.3 Å². The van der Waals surface area contributed by atoms with Gasteiger partial charge in [-0.05, 0) is 54.5 Å². The number of anilines is 1. The fourth-order valence-corrected chi connectivity index (χ4v) is 2.39. The van der Waals surface area contributed by atoms with Gasteiger partial charge in [-0.3, -0.25) is 4.79 Å². The van der Waals surface area contributed by atoms with E-state index in [0.717, 1.165) is 12.8 Å². The van der Waals surface area contributed by atoms with Gasteiger partial charge in [0, 0.05) is 10.7 Å². The summed E-state index contributed by atoms with van der Waals surface area (Å²) in [6.45, 7) is 2.70. The fourth-order valence-electron chi connectivity index (χ4n) is 2.27. The number of nitrogens with one attached hydrogen (secondary N) is 1. The van der Waals surface area contributed by atoms with E-state index in [4.69, 9.17) is 21.1 Å². The number of halogens is 1. The van der Waals surface area contributed by atoms with Crippen molar-refractivity contribution in [3.63, 3.8) is 0 Å². The summed E-state index contributed by atoms with van der Waals surface area (Å²) >= 11 is 5.83. The van der Waals surface area contributed by atoms with Crippen LogP contribution >= 0.6 is 11.6 Å². The Bertz CT molecular complexity index is 855. The van der Waals surface area contributed by atoms with Gasteiger partial charge in [0.2, 0.25) is 0 Å². The Balaban J connectivity index is 2.17. The van der Waals surface area contributed by atoms with E-state index in [1.54, 1.807) is 49.6 Å². The maximum Gasteiger partial charge on any atom is 0.266 e. The molecule has 0 spiro atoms. The maximum absolute atomic E-state index is 12.3. The molecule has 5 nitrogen and oxygen atoms in total. The number of rotatable bonds is 8. The quantitative estimate of drug-likeness (QED) is 0.391. The number of hydrogen-bond donors (Lipinski definition) is 1. The van der Waals surface area contributed by atoms with Crippen LogP contribution < -0.4 is 14.8 Å². The van der Waals surface area contributed by atoms with Crippen LogP contribution in [0.1, 0.15) is 25.3 Å². The summed E-state index contributed by atoms with van der Waals surface area (Å²) in [5.41, 5.74) is 1.20. The van der Waals surface area contributed by atoms with E-state index >= 15 is 0 Å². The Morgan fingerprint density at radius 1 is 1.22 bits per heavy atom. The number of ether oxygens (including phenoxy) is 2. The van der Waals surface area contributed by atoms with Gasteiger partial charge in [-0.1, -0.05) is 31.0 Å². The van der Waals surface area contributed by atoms with Crippen LogP contribution in [-0.4, -0.2) is 19.6 Å². The van der Waals surface area contributed by atoms with Crippen molar-refractivity contribution in [3.05, 3.63) is 58.6 Å². The molecule has 2 aromatic rings. The number of benzene rings is 2. The third-order valence-electron chi connectivity index (χ3n) is 3.72. The summed E-state index contributed by atoms with van der Waals surface area (Å²) in [4.78, 5) is 12.3. The molecule has 0 aliphatic heterocycles. The number of amides is 1. The molecule has 1 N–H and O–H groups in total. The molecule has 0 atom stereocenters. The minimum absolute atomic E-state index is 0.0216. The minimum Gasteiger partial charge on any atom is -0.493 e. The fraction of sp³-hybridized carbons (Fsp3) is 0.238. The van der Waals surface area contributed by atoms with Crippen molar-refractivity contribution >= 4 is 29.3 Å². The normalized spacial score (nSPS) is 10.8. The summed E-state index contributed by atoms with van der Waals surface area (Å²) in [5.74, 6) is 0.685. The number of unbranched alkanes of at least 4 members (excludes halogenated alkanes) is 1. The second-order valence-corrected chi connectivity index (χ2v) is 6.18. The lowest BCUT2D eigenvalue weighted by Gasteiger charge is -2.11. The van der Waals surface area contributed by atoms with Crippen LogP contribution in [0.4, 0.5) is 5.69 Å². The van der Waals surface area contributed by atoms with E-state index in [1.807, 2.05) is 6.07 Å². The summed E-state index contributed by atoms with van der Waals surface area (Å²) < 4.78 is 11.0. The lowest BCUT2D eigenvalue weighted by Crippen LogP contribution is -2.13. The molecule has 0 saturated heterocycles. The number of hydrogen-bond acceptors (Lipinski definition) is 4. The van der Waals surface area contributed by atoms with Crippen molar-refractivity contribution in [2.75, 3.05) is 19.0 Å². The number of carbonyl (C=O) groups excluding carboxylic acids is 1. The van der Waals surface area contributed by atoms with Gasteiger partial charge >= 0.3 is 0 Å². The summed E-state index contributed by atoms with van der Waals surface area (Å²) in [6, 6.07) is 13.9. The van der Waals surface area contributed by atoms with Gasteiger partial charge in [0.05, 0.1) is 13.7 Å². The minimum atomic E-state index is -0.498. The van der Waals surface area contributed by atoms with Crippen molar-refractivity contribution in [2.24, 2.45) is 0 Å². The van der Waals surface area contributed by atoms with Crippen LogP contribution in [0.5, 0.6) is 11.5 Å². The first-order valence-electron chi connectivity index (χ1n) is 8.57. The van der Waals surface area contributed by atoms with E-state index in [1.165, 1.54) is 6.08 Å². The highest BCUT2D eigenvalue weighted by molar-refractivity contribution is 6.30. The third-order valence-corrected chi connectivity index (χ3v) is 3.97. The molecule has 0 unspecified atom stereocenters. The van der Waals surface area contributed by atoms with Gasteiger partial charge in [-0.15, -0.1) is 0 Å². The molecule has 27 heavy (non-hydrogen) atoms. The maximum atomic E-state index is 12.3. The first-order valence-corrected chi connectivity index (χ1v) is 8.94. The molecule has 0 heterocycles. The zero-order valence-corrected chi connectivity index (χ0v) is 16.0. The van der Waals surface area contributed by atoms with Crippen LogP contribution in [0.25, 0.3) is 6.08 Å². The van der Waals surface area contributed by atoms with Gasteiger partial charge in [0.25, 0.3) is 5.91 Å². The number of methoxy groups -OCH3 is 1. The molecule has 0 radical (unpaired) electrons. The summed E-state index contributed by atoms with van der Waals surface area (Å²) in [5, 5.41) is 12.6. The van der Waals surface area contributed by atoms with E-state index in [2.05, 4.69) is 12.2 Å². The zero-order valence-electron chi connectivity index (χ0n) is 15.3. The van der Waals surface area contributed by atoms with Crippen molar-refractivity contribution < 1.29 is 14.3 Å². The highest BCUT2D eigenvalue weighted by Crippen LogP contribution is 2.29. The SMILES string of the molecule is CCCCOc1ccc(/C=C(/C#N)C(=O)Nc2ccc(Cl)cc2)cc1OC. The highest BCUT2D eigenvalue weighted by atomic mass is 35.5. The molecule has 2 aromatic carbocycles. The number of nitriles is 1. The molecular formula is C21H21ClN2O3. The summed E-state index contributed by atoms with van der Waals surface area (Å²) in [6.07, 6.45) is 3.50. The van der Waals surface area contributed by atoms with Gasteiger partial charge in [0.15, 0.2) is 11.5 Å². The van der Waals surface area contributed by atoms with Crippen molar-refractivity contribution in [2.45, 2.75) is 19.8 Å². The molecule has 140 valence electrons. The van der Waals surface area contributed by atoms with Crippen molar-refractivity contribution in [3.8, 4) is 17.6 Å². The van der Waals surface area contributed by atoms with Crippen LogP contribution in [0.15, 0.2) is 48.0 Å². The predicted molar refractivity (Wildman–Crippen MR) is 107 cm³/mol. The molecule has 1 amide bonds. The van der Waals surface area contributed by atoms with Crippen molar-refractivity contribution in [1.29, 1.82) is 5.26 Å². The molecule has 0 aromatic heterocycles. The van der Waals surface area contributed by atoms with Gasteiger partial charge < -0.3 is 14.8 Å². The predicted octanol–water partition coefficient (Wildman–Crippen LogP) is 5.07. The molecular weight excluding hydrogens is 364 g/mol. The average Bonchev–Trinajstić information content (AvgIpc) is 2.68. The second-order valence-electron chi connectivity index (χ2n) is 5.74.